The van der Waals surface area contributed by atoms with E-state index < -0.39 is 5.97 Å². The number of carbonyl (C=O) groups excluding carboxylic acids is 1. The van der Waals surface area contributed by atoms with E-state index in [-0.39, 0.29) is 25.0 Å². The predicted molar refractivity (Wildman–Crippen MR) is 61.9 cm³/mol. The van der Waals surface area contributed by atoms with Crippen molar-refractivity contribution in [1.82, 2.24) is 10.2 Å². The number of aliphatic carboxylic acids is 1. The lowest BCUT2D eigenvalue weighted by Gasteiger charge is -2.27. The molecule has 0 unspecified atom stereocenters. The highest BCUT2D eigenvalue weighted by Crippen LogP contribution is 2.07. The van der Waals surface area contributed by atoms with Crippen LogP contribution in [0.4, 0.5) is 4.79 Å². The second-order valence-electron chi connectivity index (χ2n) is 4.06. The van der Waals surface area contributed by atoms with Gasteiger partial charge in [-0.2, -0.15) is 0 Å². The standard InChI is InChI=1S/C11H20N2O4/c1-2-13(6-3-10(14)15)11(16)12-9-4-7-17-8-5-9/h9H,2-8H2,1H3,(H,12,16)(H,14,15). The summed E-state index contributed by atoms with van der Waals surface area (Å²) in [6.45, 7) is 3.95. The summed E-state index contributed by atoms with van der Waals surface area (Å²) in [5, 5.41) is 11.5. The number of carboxylic acids is 1. The summed E-state index contributed by atoms with van der Waals surface area (Å²) in [6.07, 6.45) is 1.62. The monoisotopic (exact) mass is 244 g/mol. The van der Waals surface area contributed by atoms with Crippen LogP contribution >= 0.6 is 0 Å². The molecular formula is C11H20N2O4. The number of nitrogens with one attached hydrogen (secondary N) is 1. The molecular weight excluding hydrogens is 224 g/mol. The molecule has 2 N–H and O–H groups in total. The molecule has 98 valence electrons. The highest BCUT2D eigenvalue weighted by Gasteiger charge is 2.19. The van der Waals surface area contributed by atoms with Gasteiger partial charge >= 0.3 is 12.0 Å². The molecule has 0 bridgehead atoms. The van der Waals surface area contributed by atoms with Crippen molar-refractivity contribution in [1.29, 1.82) is 0 Å². The van der Waals surface area contributed by atoms with Gasteiger partial charge in [0.05, 0.1) is 6.42 Å². The average Bonchev–Trinajstić information content (AvgIpc) is 2.30. The Morgan fingerprint density at radius 2 is 2.06 bits per heavy atom. The van der Waals surface area contributed by atoms with Crippen LogP contribution in [0.15, 0.2) is 0 Å². The average molecular weight is 244 g/mol. The van der Waals surface area contributed by atoms with Gasteiger partial charge in [-0.1, -0.05) is 0 Å². The minimum atomic E-state index is -0.887. The molecule has 0 saturated carbocycles. The Morgan fingerprint density at radius 3 is 2.59 bits per heavy atom. The van der Waals surface area contributed by atoms with Crippen molar-refractivity contribution in [2.45, 2.75) is 32.2 Å². The Hall–Kier alpha value is -1.30. The molecule has 0 aromatic rings. The summed E-state index contributed by atoms with van der Waals surface area (Å²) in [6, 6.07) is -0.0317. The number of rotatable bonds is 5. The molecule has 0 aliphatic carbocycles. The van der Waals surface area contributed by atoms with Crippen molar-refractivity contribution < 1.29 is 19.4 Å². The van der Waals surface area contributed by atoms with Crippen LogP contribution in [-0.4, -0.2) is 54.4 Å². The maximum atomic E-state index is 11.8. The minimum absolute atomic E-state index is 0.0188. The Labute approximate surface area is 101 Å². The highest BCUT2D eigenvalue weighted by atomic mass is 16.5. The van der Waals surface area contributed by atoms with Crippen LogP contribution in [0.25, 0.3) is 0 Å². The van der Waals surface area contributed by atoms with Gasteiger partial charge in [0.1, 0.15) is 0 Å². The quantitative estimate of drug-likeness (QED) is 0.745. The lowest BCUT2D eigenvalue weighted by molar-refractivity contribution is -0.137. The zero-order valence-electron chi connectivity index (χ0n) is 10.1. The number of ether oxygens (including phenoxy) is 1. The second kappa shape index (κ2) is 7.11. The van der Waals surface area contributed by atoms with E-state index in [0.717, 1.165) is 12.8 Å². The topological polar surface area (TPSA) is 78.9 Å². The second-order valence-corrected chi connectivity index (χ2v) is 4.06. The summed E-state index contributed by atoms with van der Waals surface area (Å²) in [7, 11) is 0. The van der Waals surface area contributed by atoms with Crippen molar-refractivity contribution in [2.75, 3.05) is 26.3 Å². The van der Waals surface area contributed by atoms with Gasteiger partial charge in [-0.25, -0.2) is 4.79 Å². The highest BCUT2D eigenvalue weighted by molar-refractivity contribution is 5.75. The Morgan fingerprint density at radius 1 is 1.41 bits per heavy atom. The van der Waals surface area contributed by atoms with E-state index in [0.29, 0.717) is 19.8 Å². The molecule has 1 aliphatic rings. The Balaban J connectivity index is 2.34. The number of carboxylic acid groups (broad SMARTS) is 1. The predicted octanol–water partition coefficient (Wildman–Crippen LogP) is 0.672. The third-order valence-electron chi connectivity index (χ3n) is 2.81. The molecule has 1 saturated heterocycles. The summed E-state index contributed by atoms with van der Waals surface area (Å²) in [5.74, 6) is -0.887. The number of carbonyl (C=O) groups is 2. The number of nitrogens with zero attached hydrogens (tertiary/aromatic N) is 1. The van der Waals surface area contributed by atoms with E-state index in [9.17, 15) is 9.59 Å². The van der Waals surface area contributed by atoms with Gasteiger partial charge in [0, 0.05) is 32.3 Å². The van der Waals surface area contributed by atoms with E-state index in [1.807, 2.05) is 6.92 Å². The first-order valence-corrected chi connectivity index (χ1v) is 5.98. The normalized spacial score (nSPS) is 16.5. The first-order chi connectivity index (χ1) is 8.13. The molecule has 0 aromatic heterocycles. The van der Waals surface area contributed by atoms with Gasteiger partial charge in [-0.15, -0.1) is 0 Å². The van der Waals surface area contributed by atoms with Crippen molar-refractivity contribution in [2.24, 2.45) is 0 Å². The zero-order chi connectivity index (χ0) is 12.7. The third-order valence-corrected chi connectivity index (χ3v) is 2.81. The van der Waals surface area contributed by atoms with E-state index in [2.05, 4.69) is 5.32 Å². The molecule has 6 nitrogen and oxygen atoms in total. The molecule has 2 amide bonds. The van der Waals surface area contributed by atoms with E-state index in [1.54, 1.807) is 0 Å². The maximum Gasteiger partial charge on any atom is 0.317 e. The molecule has 0 spiro atoms. The fraction of sp³-hybridized carbons (Fsp3) is 0.818. The Bertz CT molecular complexity index is 264. The Kier molecular flexibility index (Phi) is 5.76. The van der Waals surface area contributed by atoms with Gasteiger partial charge in [0.25, 0.3) is 0 Å². The molecule has 1 rings (SSSR count). The fourth-order valence-electron chi connectivity index (χ4n) is 1.74. The van der Waals surface area contributed by atoms with Crippen molar-refractivity contribution >= 4 is 12.0 Å². The fourth-order valence-corrected chi connectivity index (χ4v) is 1.74. The van der Waals surface area contributed by atoms with E-state index in [1.165, 1.54) is 4.90 Å². The SMILES string of the molecule is CCN(CCC(=O)O)C(=O)NC1CCOCC1. The van der Waals surface area contributed by atoms with Gasteiger partial charge in [-0.3, -0.25) is 4.79 Å². The molecule has 6 heteroatoms. The maximum absolute atomic E-state index is 11.8. The van der Waals surface area contributed by atoms with Crippen LogP contribution in [0.3, 0.4) is 0 Å². The number of urea groups is 1. The van der Waals surface area contributed by atoms with Crippen LogP contribution in [0.1, 0.15) is 26.2 Å². The molecule has 0 atom stereocenters. The third kappa shape index (κ3) is 5.04. The lowest BCUT2D eigenvalue weighted by atomic mass is 10.1. The van der Waals surface area contributed by atoms with Crippen molar-refractivity contribution in [3.05, 3.63) is 0 Å². The van der Waals surface area contributed by atoms with Gasteiger partial charge < -0.3 is 20.1 Å². The zero-order valence-corrected chi connectivity index (χ0v) is 10.1. The van der Waals surface area contributed by atoms with Crippen LogP contribution in [0, 0.1) is 0 Å². The van der Waals surface area contributed by atoms with E-state index >= 15 is 0 Å². The molecule has 1 fully saturated rings. The first-order valence-electron chi connectivity index (χ1n) is 5.98. The van der Waals surface area contributed by atoms with Crippen LogP contribution in [0.2, 0.25) is 0 Å². The summed E-state index contributed by atoms with van der Waals surface area (Å²) >= 11 is 0. The molecule has 1 heterocycles. The minimum Gasteiger partial charge on any atom is -0.481 e. The summed E-state index contributed by atoms with van der Waals surface area (Å²) in [5.41, 5.74) is 0. The number of hydrogen-bond donors (Lipinski definition) is 2. The van der Waals surface area contributed by atoms with Crippen LogP contribution in [0.5, 0.6) is 0 Å². The summed E-state index contributed by atoms with van der Waals surface area (Å²) in [4.78, 5) is 23.8. The molecule has 0 aromatic carbocycles. The van der Waals surface area contributed by atoms with Gasteiger partial charge in [0.2, 0.25) is 0 Å². The van der Waals surface area contributed by atoms with Gasteiger partial charge in [0.15, 0.2) is 0 Å². The largest absolute Gasteiger partial charge is 0.481 e. The van der Waals surface area contributed by atoms with Crippen LogP contribution in [-0.2, 0) is 9.53 Å². The number of hydrogen-bond acceptors (Lipinski definition) is 3. The number of amides is 2. The molecule has 1 aliphatic heterocycles. The van der Waals surface area contributed by atoms with Crippen LogP contribution < -0.4 is 5.32 Å². The van der Waals surface area contributed by atoms with Gasteiger partial charge in [-0.05, 0) is 19.8 Å². The van der Waals surface area contributed by atoms with E-state index in [4.69, 9.17) is 9.84 Å². The van der Waals surface area contributed by atoms with Crippen molar-refractivity contribution in [3.63, 3.8) is 0 Å². The smallest absolute Gasteiger partial charge is 0.317 e. The first kappa shape index (κ1) is 13.8. The summed E-state index contributed by atoms with van der Waals surface area (Å²) < 4.78 is 5.20. The molecule has 0 radical (unpaired) electrons. The molecule has 17 heavy (non-hydrogen) atoms. The lowest BCUT2D eigenvalue weighted by Crippen LogP contribution is -2.47. The van der Waals surface area contributed by atoms with Crippen molar-refractivity contribution in [3.8, 4) is 0 Å².